The summed E-state index contributed by atoms with van der Waals surface area (Å²) in [6.45, 7) is 4.08. The lowest BCUT2D eigenvalue weighted by atomic mass is 10.1. The molecule has 1 amide bonds. The molecule has 0 radical (unpaired) electrons. The molecule has 5 heteroatoms. The number of aliphatic hydroxyl groups excluding tert-OH is 1. The first-order chi connectivity index (χ1) is 11.5. The Kier molecular flexibility index (Phi) is 5.94. The predicted molar refractivity (Wildman–Crippen MR) is 90.9 cm³/mol. The minimum atomic E-state index is -0.814. The van der Waals surface area contributed by atoms with Gasteiger partial charge >= 0.3 is 0 Å². The Bertz CT molecular complexity index is 728. The van der Waals surface area contributed by atoms with Crippen LogP contribution in [0.15, 0.2) is 42.5 Å². The van der Waals surface area contributed by atoms with E-state index in [9.17, 15) is 9.90 Å². The van der Waals surface area contributed by atoms with Gasteiger partial charge in [-0.2, -0.15) is 5.26 Å². The highest BCUT2D eigenvalue weighted by molar-refractivity contribution is 5.94. The Morgan fingerprint density at radius 3 is 2.42 bits per heavy atom. The number of aliphatic hydroxyl groups is 1. The lowest BCUT2D eigenvalue weighted by Crippen LogP contribution is -2.35. The van der Waals surface area contributed by atoms with E-state index in [1.54, 1.807) is 24.3 Å². The van der Waals surface area contributed by atoms with Crippen molar-refractivity contribution in [3.8, 4) is 11.8 Å². The number of ether oxygens (including phenoxy) is 1. The van der Waals surface area contributed by atoms with Gasteiger partial charge in [0.2, 0.25) is 0 Å². The topological polar surface area (TPSA) is 82.3 Å². The fraction of sp³-hybridized carbons (Fsp3) is 0.263. The standard InChI is InChI=1S/C19H20N2O3/c1-13-4-3-5-14(2)18(13)24-12-17(22)11-21-19(23)16-8-6-15(10-20)7-9-16/h3-9,17,22H,11-12H2,1-2H3,(H,21,23)/t17-/m1/s1. The molecule has 2 aromatic rings. The van der Waals surface area contributed by atoms with Gasteiger partial charge in [0.25, 0.3) is 5.91 Å². The Morgan fingerprint density at radius 1 is 1.21 bits per heavy atom. The second-order valence-corrected chi connectivity index (χ2v) is 5.58. The summed E-state index contributed by atoms with van der Waals surface area (Å²) >= 11 is 0. The number of hydrogen-bond donors (Lipinski definition) is 2. The average Bonchev–Trinajstić information content (AvgIpc) is 2.59. The number of carbonyl (C=O) groups excluding carboxylic acids is 1. The van der Waals surface area contributed by atoms with Crippen LogP contribution in [0.3, 0.4) is 0 Å². The highest BCUT2D eigenvalue weighted by Crippen LogP contribution is 2.22. The summed E-state index contributed by atoms with van der Waals surface area (Å²) in [5.41, 5.74) is 2.94. The molecular formula is C19H20N2O3. The average molecular weight is 324 g/mol. The highest BCUT2D eigenvalue weighted by atomic mass is 16.5. The maximum atomic E-state index is 12.0. The second-order valence-electron chi connectivity index (χ2n) is 5.58. The van der Waals surface area contributed by atoms with E-state index in [2.05, 4.69) is 5.32 Å². The van der Waals surface area contributed by atoms with Crippen molar-refractivity contribution < 1.29 is 14.6 Å². The van der Waals surface area contributed by atoms with Crippen molar-refractivity contribution >= 4 is 5.91 Å². The normalized spacial score (nSPS) is 11.4. The molecule has 2 rings (SSSR count). The van der Waals surface area contributed by atoms with E-state index in [-0.39, 0.29) is 19.1 Å². The van der Waals surface area contributed by atoms with Crippen LogP contribution in [0.2, 0.25) is 0 Å². The summed E-state index contributed by atoms with van der Waals surface area (Å²) in [6.07, 6.45) is -0.814. The summed E-state index contributed by atoms with van der Waals surface area (Å²) in [4.78, 5) is 12.0. The van der Waals surface area contributed by atoms with Gasteiger partial charge in [-0.3, -0.25) is 4.79 Å². The molecule has 0 aliphatic rings. The zero-order valence-electron chi connectivity index (χ0n) is 13.7. The van der Waals surface area contributed by atoms with Crippen LogP contribution < -0.4 is 10.1 Å². The minimum absolute atomic E-state index is 0.0871. The zero-order chi connectivity index (χ0) is 17.5. The van der Waals surface area contributed by atoms with Gasteiger partial charge in [0, 0.05) is 12.1 Å². The van der Waals surface area contributed by atoms with E-state index >= 15 is 0 Å². The fourth-order valence-electron chi connectivity index (χ4n) is 2.27. The van der Waals surface area contributed by atoms with Crippen LogP contribution in [-0.4, -0.2) is 30.3 Å². The molecule has 0 saturated heterocycles. The lowest BCUT2D eigenvalue weighted by Gasteiger charge is -2.16. The molecule has 0 aromatic heterocycles. The van der Waals surface area contributed by atoms with Gasteiger partial charge in [-0.25, -0.2) is 0 Å². The lowest BCUT2D eigenvalue weighted by molar-refractivity contribution is 0.0841. The van der Waals surface area contributed by atoms with E-state index in [4.69, 9.17) is 10.00 Å². The van der Waals surface area contributed by atoms with Crippen LogP contribution in [0.5, 0.6) is 5.75 Å². The third-order valence-corrected chi connectivity index (χ3v) is 3.60. The number of nitrogens with zero attached hydrogens (tertiary/aromatic N) is 1. The van der Waals surface area contributed by atoms with Crippen molar-refractivity contribution in [2.75, 3.05) is 13.2 Å². The minimum Gasteiger partial charge on any atom is -0.490 e. The van der Waals surface area contributed by atoms with Crippen molar-refractivity contribution in [3.63, 3.8) is 0 Å². The molecule has 0 aliphatic heterocycles. The number of hydrogen-bond acceptors (Lipinski definition) is 4. The first-order valence-corrected chi connectivity index (χ1v) is 7.66. The number of nitrogens with one attached hydrogen (secondary N) is 1. The van der Waals surface area contributed by atoms with Gasteiger partial charge in [-0.1, -0.05) is 18.2 Å². The summed E-state index contributed by atoms with van der Waals surface area (Å²) < 4.78 is 5.66. The van der Waals surface area contributed by atoms with Crippen molar-refractivity contribution in [1.29, 1.82) is 5.26 Å². The van der Waals surface area contributed by atoms with Crippen LogP contribution in [-0.2, 0) is 0 Å². The summed E-state index contributed by atoms with van der Waals surface area (Å²) in [5.74, 6) is 0.459. The van der Waals surface area contributed by atoms with E-state index < -0.39 is 6.10 Å². The van der Waals surface area contributed by atoms with Gasteiger partial charge < -0.3 is 15.2 Å². The summed E-state index contributed by atoms with van der Waals surface area (Å²) in [5, 5.41) is 21.4. The maximum Gasteiger partial charge on any atom is 0.251 e. The first kappa shape index (κ1) is 17.5. The Morgan fingerprint density at radius 2 is 1.83 bits per heavy atom. The van der Waals surface area contributed by atoms with E-state index in [0.29, 0.717) is 11.1 Å². The molecule has 5 nitrogen and oxygen atoms in total. The van der Waals surface area contributed by atoms with Crippen molar-refractivity contribution in [2.24, 2.45) is 0 Å². The molecule has 0 heterocycles. The summed E-state index contributed by atoms with van der Waals surface area (Å²) in [6, 6.07) is 14.1. The van der Waals surface area contributed by atoms with E-state index in [1.807, 2.05) is 38.1 Å². The number of rotatable bonds is 6. The molecule has 124 valence electrons. The number of carbonyl (C=O) groups is 1. The number of para-hydroxylation sites is 1. The van der Waals surface area contributed by atoms with E-state index in [0.717, 1.165) is 16.9 Å². The maximum absolute atomic E-state index is 12.0. The monoisotopic (exact) mass is 324 g/mol. The number of benzene rings is 2. The quantitative estimate of drug-likeness (QED) is 0.854. The molecule has 0 unspecified atom stereocenters. The molecule has 0 bridgehead atoms. The zero-order valence-corrected chi connectivity index (χ0v) is 13.7. The van der Waals surface area contributed by atoms with Gasteiger partial charge in [0.1, 0.15) is 18.5 Å². The van der Waals surface area contributed by atoms with E-state index in [1.165, 1.54) is 0 Å². The van der Waals surface area contributed by atoms with Crippen molar-refractivity contribution in [1.82, 2.24) is 5.32 Å². The Labute approximate surface area is 141 Å². The van der Waals surface area contributed by atoms with Gasteiger partial charge in [-0.15, -0.1) is 0 Å². The third-order valence-electron chi connectivity index (χ3n) is 3.60. The molecule has 0 fully saturated rings. The molecule has 0 saturated carbocycles. The van der Waals surface area contributed by atoms with Crippen molar-refractivity contribution in [2.45, 2.75) is 20.0 Å². The van der Waals surface area contributed by atoms with Crippen LogP contribution in [0, 0.1) is 25.2 Å². The largest absolute Gasteiger partial charge is 0.490 e. The SMILES string of the molecule is Cc1cccc(C)c1OC[C@H](O)CNC(=O)c1ccc(C#N)cc1. The first-order valence-electron chi connectivity index (χ1n) is 7.66. The highest BCUT2D eigenvalue weighted by Gasteiger charge is 2.11. The summed E-state index contributed by atoms with van der Waals surface area (Å²) in [7, 11) is 0. The molecule has 2 aromatic carbocycles. The fourth-order valence-corrected chi connectivity index (χ4v) is 2.27. The van der Waals surface area contributed by atoms with Gasteiger partial charge in [0.15, 0.2) is 0 Å². The smallest absolute Gasteiger partial charge is 0.251 e. The van der Waals surface area contributed by atoms with Gasteiger partial charge in [0.05, 0.1) is 11.6 Å². The molecule has 1 atom stereocenters. The van der Waals surface area contributed by atoms with Gasteiger partial charge in [-0.05, 0) is 49.2 Å². The molecule has 0 aliphatic carbocycles. The van der Waals surface area contributed by atoms with Crippen LogP contribution in [0.1, 0.15) is 27.0 Å². The Hall–Kier alpha value is -2.84. The molecule has 0 spiro atoms. The number of aryl methyl sites for hydroxylation is 2. The third kappa shape index (κ3) is 4.58. The van der Waals surface area contributed by atoms with Crippen LogP contribution in [0.25, 0.3) is 0 Å². The van der Waals surface area contributed by atoms with Crippen LogP contribution >= 0.6 is 0 Å². The molecular weight excluding hydrogens is 304 g/mol. The molecule has 2 N–H and O–H groups in total. The molecule has 24 heavy (non-hydrogen) atoms. The second kappa shape index (κ2) is 8.14. The predicted octanol–water partition coefficient (Wildman–Crippen LogP) is 2.34. The number of amides is 1. The Balaban J connectivity index is 1.83. The van der Waals surface area contributed by atoms with Crippen LogP contribution in [0.4, 0.5) is 0 Å². The number of nitriles is 1. The van der Waals surface area contributed by atoms with Crippen molar-refractivity contribution in [3.05, 3.63) is 64.7 Å².